The van der Waals surface area contributed by atoms with Crippen LogP contribution in [0, 0.1) is 6.92 Å². The van der Waals surface area contributed by atoms with Crippen LogP contribution in [-0.4, -0.2) is 25.0 Å². The van der Waals surface area contributed by atoms with E-state index in [9.17, 15) is 9.59 Å². The number of pyridine rings is 2. The van der Waals surface area contributed by atoms with Gasteiger partial charge in [-0.05, 0) is 30.7 Å². The van der Waals surface area contributed by atoms with Crippen LogP contribution in [0.1, 0.15) is 21.6 Å². The zero-order valence-corrected chi connectivity index (χ0v) is 11.4. The molecule has 0 spiro atoms. The molecule has 0 saturated carbocycles. The van der Waals surface area contributed by atoms with E-state index in [4.69, 9.17) is 5.11 Å². The van der Waals surface area contributed by atoms with Gasteiger partial charge >= 0.3 is 5.97 Å². The normalized spacial score (nSPS) is 10.9. The van der Waals surface area contributed by atoms with Crippen LogP contribution in [0.5, 0.6) is 0 Å². The highest BCUT2D eigenvalue weighted by atomic mass is 16.4. The lowest BCUT2D eigenvalue weighted by Gasteiger charge is -2.03. The largest absolute Gasteiger partial charge is 0.478 e. The molecular formula is C15H13N3O3. The van der Waals surface area contributed by atoms with Crippen LogP contribution >= 0.6 is 0 Å². The van der Waals surface area contributed by atoms with E-state index in [0.717, 1.165) is 11.2 Å². The number of aryl methyl sites for hydroxylation is 1. The van der Waals surface area contributed by atoms with Crippen molar-refractivity contribution in [2.75, 3.05) is 0 Å². The number of hydrogen-bond donors (Lipinski definition) is 1. The van der Waals surface area contributed by atoms with Gasteiger partial charge in [-0.3, -0.25) is 4.79 Å². The third-order valence-corrected chi connectivity index (χ3v) is 3.23. The minimum atomic E-state index is -1.06. The van der Waals surface area contributed by atoms with Crippen LogP contribution in [0.25, 0.3) is 5.65 Å². The van der Waals surface area contributed by atoms with E-state index in [-0.39, 0.29) is 17.7 Å². The Kier molecular flexibility index (Phi) is 3.06. The van der Waals surface area contributed by atoms with E-state index >= 15 is 0 Å². The molecule has 0 aliphatic carbocycles. The van der Waals surface area contributed by atoms with E-state index < -0.39 is 5.97 Å². The van der Waals surface area contributed by atoms with Gasteiger partial charge in [-0.2, -0.15) is 0 Å². The summed E-state index contributed by atoms with van der Waals surface area (Å²) >= 11 is 0. The minimum Gasteiger partial charge on any atom is -0.478 e. The number of rotatable bonds is 3. The van der Waals surface area contributed by atoms with Crippen molar-refractivity contribution in [1.29, 1.82) is 0 Å². The summed E-state index contributed by atoms with van der Waals surface area (Å²) < 4.78 is 3.21. The number of aromatic nitrogens is 3. The summed E-state index contributed by atoms with van der Waals surface area (Å²) in [7, 11) is 0. The molecule has 6 nitrogen and oxygen atoms in total. The fourth-order valence-corrected chi connectivity index (χ4v) is 2.17. The molecule has 3 aromatic heterocycles. The summed E-state index contributed by atoms with van der Waals surface area (Å²) in [4.78, 5) is 27.2. The van der Waals surface area contributed by atoms with Crippen LogP contribution in [0.3, 0.4) is 0 Å². The van der Waals surface area contributed by atoms with Gasteiger partial charge in [0, 0.05) is 24.7 Å². The van der Waals surface area contributed by atoms with Gasteiger partial charge in [-0.15, -0.1) is 0 Å². The predicted molar refractivity (Wildman–Crippen MR) is 76.7 cm³/mol. The van der Waals surface area contributed by atoms with Gasteiger partial charge < -0.3 is 14.1 Å². The van der Waals surface area contributed by atoms with Crippen LogP contribution in [0.2, 0.25) is 0 Å². The fraction of sp³-hybridized carbons (Fsp3) is 0.133. The van der Waals surface area contributed by atoms with E-state index in [2.05, 4.69) is 4.98 Å². The lowest BCUT2D eigenvalue weighted by molar-refractivity contribution is 0.0696. The van der Waals surface area contributed by atoms with E-state index in [1.807, 2.05) is 35.9 Å². The van der Waals surface area contributed by atoms with Crippen molar-refractivity contribution < 1.29 is 9.90 Å². The van der Waals surface area contributed by atoms with Crippen LogP contribution < -0.4 is 5.56 Å². The van der Waals surface area contributed by atoms with Crippen molar-refractivity contribution in [3.63, 3.8) is 0 Å². The number of carboxylic acid groups (broad SMARTS) is 1. The highest BCUT2D eigenvalue weighted by Gasteiger charge is 2.08. The molecule has 3 heterocycles. The molecular weight excluding hydrogens is 270 g/mol. The Morgan fingerprint density at radius 3 is 2.86 bits per heavy atom. The maximum atomic E-state index is 11.8. The van der Waals surface area contributed by atoms with Gasteiger partial charge in [0.05, 0.1) is 17.8 Å². The maximum Gasteiger partial charge on any atom is 0.337 e. The molecule has 0 radical (unpaired) electrons. The van der Waals surface area contributed by atoms with Gasteiger partial charge in [0.25, 0.3) is 5.56 Å². The molecule has 3 rings (SSSR count). The topological polar surface area (TPSA) is 76.6 Å². The molecule has 3 aromatic rings. The highest BCUT2D eigenvalue weighted by molar-refractivity contribution is 5.87. The lowest BCUT2D eigenvalue weighted by atomic mass is 10.3. The van der Waals surface area contributed by atoms with Gasteiger partial charge in [0.15, 0.2) is 0 Å². The monoisotopic (exact) mass is 283 g/mol. The summed E-state index contributed by atoms with van der Waals surface area (Å²) in [6.45, 7) is 2.22. The van der Waals surface area contributed by atoms with Crippen molar-refractivity contribution in [3.8, 4) is 0 Å². The van der Waals surface area contributed by atoms with Gasteiger partial charge in [-0.1, -0.05) is 0 Å². The summed E-state index contributed by atoms with van der Waals surface area (Å²) in [6, 6.07) is 6.47. The smallest absolute Gasteiger partial charge is 0.337 e. The second-order valence-electron chi connectivity index (χ2n) is 4.89. The number of carbonyl (C=O) groups is 1. The number of fused-ring (bicyclic) bond motifs is 1. The number of carboxylic acids is 1. The Morgan fingerprint density at radius 2 is 2.10 bits per heavy atom. The molecule has 106 valence electrons. The molecule has 0 fully saturated rings. The lowest BCUT2D eigenvalue weighted by Crippen LogP contribution is -2.20. The average molecular weight is 283 g/mol. The molecule has 0 bridgehead atoms. The molecule has 1 N–H and O–H groups in total. The Balaban J connectivity index is 2.00. The van der Waals surface area contributed by atoms with Crippen molar-refractivity contribution in [1.82, 2.24) is 14.0 Å². The zero-order valence-electron chi connectivity index (χ0n) is 11.4. The highest BCUT2D eigenvalue weighted by Crippen LogP contribution is 2.08. The van der Waals surface area contributed by atoms with Crippen LogP contribution in [0.4, 0.5) is 0 Å². The van der Waals surface area contributed by atoms with Crippen molar-refractivity contribution >= 4 is 11.6 Å². The summed E-state index contributed by atoms with van der Waals surface area (Å²) in [5, 5.41) is 8.98. The molecule has 0 aliphatic heterocycles. The van der Waals surface area contributed by atoms with Crippen molar-refractivity contribution in [2.45, 2.75) is 13.5 Å². The van der Waals surface area contributed by atoms with Crippen molar-refractivity contribution in [2.24, 2.45) is 0 Å². The molecule has 6 heteroatoms. The summed E-state index contributed by atoms with van der Waals surface area (Å²) in [5.74, 6) is -1.06. The minimum absolute atomic E-state index is 0.0780. The van der Waals surface area contributed by atoms with Crippen molar-refractivity contribution in [3.05, 3.63) is 70.0 Å². The maximum absolute atomic E-state index is 11.8. The molecule has 0 atom stereocenters. The summed E-state index contributed by atoms with van der Waals surface area (Å²) in [5.41, 5.74) is 2.42. The second-order valence-corrected chi connectivity index (χ2v) is 4.89. The predicted octanol–water partition coefficient (Wildman–Crippen LogP) is 1.55. The second kappa shape index (κ2) is 4.90. The van der Waals surface area contributed by atoms with Gasteiger partial charge in [-0.25, -0.2) is 9.78 Å². The quantitative estimate of drug-likeness (QED) is 0.791. The van der Waals surface area contributed by atoms with E-state index in [1.165, 1.54) is 22.9 Å². The third kappa shape index (κ3) is 2.55. The SMILES string of the molecule is Cc1ccn2cc(Cn3cc(C(=O)O)ccc3=O)nc2c1. The Bertz CT molecular complexity index is 893. The molecule has 0 amide bonds. The Labute approximate surface area is 119 Å². The number of nitrogens with zero attached hydrogens (tertiary/aromatic N) is 3. The van der Waals surface area contributed by atoms with Gasteiger partial charge in [0.1, 0.15) is 5.65 Å². The average Bonchev–Trinajstić information content (AvgIpc) is 2.82. The zero-order chi connectivity index (χ0) is 15.0. The van der Waals surface area contributed by atoms with Gasteiger partial charge in [0.2, 0.25) is 0 Å². The first kappa shape index (κ1) is 13.1. The standard InChI is InChI=1S/C15H13N3O3/c1-10-4-5-17-8-12(16-13(17)6-10)9-18-7-11(15(20)21)2-3-14(18)19/h2-8H,9H2,1H3,(H,20,21). The number of aromatic carboxylic acids is 1. The van der Waals surface area contributed by atoms with E-state index in [1.54, 1.807) is 0 Å². The summed E-state index contributed by atoms with van der Waals surface area (Å²) in [6.07, 6.45) is 5.06. The molecule has 0 saturated heterocycles. The van der Waals surface area contributed by atoms with Crippen LogP contribution in [0.15, 0.2) is 47.7 Å². The first-order chi connectivity index (χ1) is 10.0. The van der Waals surface area contributed by atoms with E-state index in [0.29, 0.717) is 5.69 Å². The first-order valence-corrected chi connectivity index (χ1v) is 6.41. The Morgan fingerprint density at radius 1 is 1.29 bits per heavy atom. The molecule has 0 aliphatic rings. The number of imidazole rings is 1. The molecule has 0 unspecified atom stereocenters. The fourth-order valence-electron chi connectivity index (χ4n) is 2.17. The Hall–Kier alpha value is -2.89. The van der Waals surface area contributed by atoms with Crippen LogP contribution in [-0.2, 0) is 6.54 Å². The molecule has 21 heavy (non-hydrogen) atoms. The molecule has 0 aromatic carbocycles. The third-order valence-electron chi connectivity index (χ3n) is 3.23. The number of hydrogen-bond acceptors (Lipinski definition) is 3. The first-order valence-electron chi connectivity index (χ1n) is 6.41.